The quantitative estimate of drug-likeness (QED) is 0.656. The maximum Gasteiger partial charge on any atom is 0.344 e. The second kappa shape index (κ2) is 7.11. The number of carbonyl (C=O) groups is 1. The van der Waals surface area contributed by atoms with Gasteiger partial charge in [-0.3, -0.25) is 0 Å². The normalized spacial score (nSPS) is 22.1. The molecule has 0 spiro atoms. The van der Waals surface area contributed by atoms with Crippen LogP contribution < -0.4 is 0 Å². The van der Waals surface area contributed by atoms with Crippen LogP contribution in [0.25, 0.3) is 0 Å². The first-order valence-electron chi connectivity index (χ1n) is 8.95. The van der Waals surface area contributed by atoms with E-state index in [-0.39, 0.29) is 23.6 Å². The van der Waals surface area contributed by atoms with Gasteiger partial charge in [-0.25, -0.2) is 4.79 Å². The Morgan fingerprint density at radius 2 is 1.96 bits per heavy atom. The van der Waals surface area contributed by atoms with E-state index in [4.69, 9.17) is 9.47 Å². The van der Waals surface area contributed by atoms with Crippen LogP contribution in [0.1, 0.15) is 73.1 Å². The SMILES string of the molecule is CC(C1=CCCC(OCC(=O)OC2(C)CCCC2)=C1)C(C)(C)C. The van der Waals surface area contributed by atoms with Gasteiger partial charge >= 0.3 is 5.97 Å². The summed E-state index contributed by atoms with van der Waals surface area (Å²) in [5, 5.41) is 0. The molecule has 2 aliphatic carbocycles. The largest absolute Gasteiger partial charge is 0.486 e. The molecular weight excluding hydrogens is 288 g/mol. The fourth-order valence-corrected chi connectivity index (χ4v) is 3.29. The smallest absolute Gasteiger partial charge is 0.344 e. The minimum Gasteiger partial charge on any atom is -0.486 e. The molecule has 0 heterocycles. The zero-order valence-corrected chi connectivity index (χ0v) is 15.4. The predicted octanol–water partition coefficient (Wildman–Crippen LogP) is 5.17. The summed E-state index contributed by atoms with van der Waals surface area (Å²) >= 11 is 0. The molecule has 0 aromatic rings. The zero-order chi connectivity index (χ0) is 17.1. The van der Waals surface area contributed by atoms with Gasteiger partial charge < -0.3 is 9.47 Å². The zero-order valence-electron chi connectivity index (χ0n) is 15.4. The first-order chi connectivity index (χ1) is 10.7. The second-order valence-corrected chi connectivity index (χ2v) is 8.36. The molecule has 3 heteroatoms. The summed E-state index contributed by atoms with van der Waals surface area (Å²) in [5.74, 6) is 1.13. The number of esters is 1. The number of ether oxygens (including phenoxy) is 2. The van der Waals surface area contributed by atoms with Crippen LogP contribution in [0.2, 0.25) is 0 Å². The lowest BCUT2D eigenvalue weighted by Crippen LogP contribution is -2.30. The molecule has 130 valence electrons. The van der Waals surface area contributed by atoms with Crippen molar-refractivity contribution in [2.45, 2.75) is 78.7 Å². The van der Waals surface area contributed by atoms with E-state index in [1.165, 1.54) is 5.57 Å². The highest BCUT2D eigenvalue weighted by Crippen LogP contribution is 2.35. The Kier molecular flexibility index (Phi) is 5.59. The molecule has 0 saturated heterocycles. The van der Waals surface area contributed by atoms with E-state index in [0.717, 1.165) is 44.3 Å². The monoisotopic (exact) mass is 320 g/mol. The van der Waals surface area contributed by atoms with Crippen molar-refractivity contribution in [1.29, 1.82) is 0 Å². The molecule has 0 radical (unpaired) electrons. The number of hydrogen-bond acceptors (Lipinski definition) is 3. The van der Waals surface area contributed by atoms with E-state index in [2.05, 4.69) is 39.8 Å². The van der Waals surface area contributed by atoms with E-state index >= 15 is 0 Å². The first kappa shape index (κ1) is 18.1. The van der Waals surface area contributed by atoms with Crippen LogP contribution in [-0.2, 0) is 14.3 Å². The highest BCUT2D eigenvalue weighted by molar-refractivity contribution is 5.71. The Morgan fingerprint density at radius 1 is 1.30 bits per heavy atom. The molecule has 1 atom stereocenters. The van der Waals surface area contributed by atoms with Crippen LogP contribution in [0.15, 0.2) is 23.5 Å². The Hall–Kier alpha value is -1.25. The van der Waals surface area contributed by atoms with Crippen molar-refractivity contribution in [2.24, 2.45) is 11.3 Å². The highest BCUT2D eigenvalue weighted by atomic mass is 16.6. The molecule has 0 amide bonds. The van der Waals surface area contributed by atoms with Crippen LogP contribution in [-0.4, -0.2) is 18.2 Å². The number of carbonyl (C=O) groups excluding carboxylic acids is 1. The molecule has 0 N–H and O–H groups in total. The van der Waals surface area contributed by atoms with Crippen molar-refractivity contribution < 1.29 is 14.3 Å². The Morgan fingerprint density at radius 3 is 2.57 bits per heavy atom. The molecule has 0 aromatic heterocycles. The summed E-state index contributed by atoms with van der Waals surface area (Å²) in [6, 6.07) is 0. The Bertz CT molecular complexity index is 488. The number of hydrogen-bond donors (Lipinski definition) is 0. The molecule has 3 nitrogen and oxygen atoms in total. The molecule has 0 aromatic carbocycles. The number of rotatable bonds is 5. The van der Waals surface area contributed by atoms with Gasteiger partial charge in [-0.1, -0.05) is 33.8 Å². The fraction of sp³-hybridized carbons (Fsp3) is 0.750. The number of allylic oxidation sites excluding steroid dienone is 4. The van der Waals surface area contributed by atoms with Crippen LogP contribution in [0.4, 0.5) is 0 Å². The van der Waals surface area contributed by atoms with Crippen molar-refractivity contribution >= 4 is 5.97 Å². The van der Waals surface area contributed by atoms with E-state index in [1.54, 1.807) is 0 Å². The highest BCUT2D eigenvalue weighted by Gasteiger charge is 2.32. The molecule has 23 heavy (non-hydrogen) atoms. The van der Waals surface area contributed by atoms with Crippen LogP contribution in [0, 0.1) is 11.3 Å². The van der Waals surface area contributed by atoms with Gasteiger partial charge in [-0.05, 0) is 62.0 Å². The Balaban J connectivity index is 1.86. The molecule has 2 aliphatic rings. The van der Waals surface area contributed by atoms with Crippen LogP contribution >= 0.6 is 0 Å². The summed E-state index contributed by atoms with van der Waals surface area (Å²) < 4.78 is 11.4. The molecule has 0 bridgehead atoms. The minimum atomic E-state index is -0.271. The average Bonchev–Trinajstić information content (AvgIpc) is 2.90. The predicted molar refractivity (Wildman–Crippen MR) is 92.9 cm³/mol. The molecule has 2 rings (SSSR count). The van der Waals surface area contributed by atoms with Crippen molar-refractivity contribution in [2.75, 3.05) is 6.61 Å². The maximum atomic E-state index is 12.0. The van der Waals surface area contributed by atoms with Crippen molar-refractivity contribution in [3.63, 3.8) is 0 Å². The summed E-state index contributed by atoms with van der Waals surface area (Å²) in [7, 11) is 0. The van der Waals surface area contributed by atoms with E-state index in [1.807, 2.05) is 6.92 Å². The lowest BCUT2D eigenvalue weighted by molar-refractivity contribution is -0.161. The van der Waals surface area contributed by atoms with Gasteiger partial charge in [0.2, 0.25) is 0 Å². The van der Waals surface area contributed by atoms with Gasteiger partial charge in [0.1, 0.15) is 5.60 Å². The third-order valence-corrected chi connectivity index (χ3v) is 5.29. The lowest BCUT2D eigenvalue weighted by Gasteiger charge is -2.30. The van der Waals surface area contributed by atoms with E-state index < -0.39 is 0 Å². The van der Waals surface area contributed by atoms with Crippen molar-refractivity contribution in [1.82, 2.24) is 0 Å². The van der Waals surface area contributed by atoms with Gasteiger partial charge in [0.25, 0.3) is 0 Å². The van der Waals surface area contributed by atoms with E-state index in [0.29, 0.717) is 5.92 Å². The van der Waals surface area contributed by atoms with Gasteiger partial charge in [-0.2, -0.15) is 0 Å². The van der Waals surface area contributed by atoms with Crippen LogP contribution in [0.5, 0.6) is 0 Å². The molecule has 0 aliphatic heterocycles. The first-order valence-corrected chi connectivity index (χ1v) is 8.95. The average molecular weight is 320 g/mol. The molecule has 1 saturated carbocycles. The third kappa shape index (κ3) is 5.12. The standard InChI is InChI=1S/C20H32O3/c1-15(19(2,3)4)16-9-8-10-17(13-16)22-14-18(21)23-20(5)11-6-7-12-20/h9,13,15H,6-8,10-12,14H2,1-5H3. The maximum absolute atomic E-state index is 12.0. The van der Waals surface area contributed by atoms with E-state index in [9.17, 15) is 4.79 Å². The van der Waals surface area contributed by atoms with Crippen molar-refractivity contribution in [3.05, 3.63) is 23.5 Å². The Labute approximate surface area is 141 Å². The molecular formula is C20H32O3. The van der Waals surface area contributed by atoms with Gasteiger partial charge in [0.05, 0.1) is 5.76 Å². The van der Waals surface area contributed by atoms with Gasteiger partial charge in [0, 0.05) is 6.42 Å². The second-order valence-electron chi connectivity index (χ2n) is 8.36. The topological polar surface area (TPSA) is 35.5 Å². The summed E-state index contributed by atoms with van der Waals surface area (Å²) in [6.45, 7) is 11.1. The van der Waals surface area contributed by atoms with Crippen LogP contribution in [0.3, 0.4) is 0 Å². The summed E-state index contributed by atoms with van der Waals surface area (Å²) in [5.41, 5.74) is 1.27. The minimum absolute atomic E-state index is 0.0264. The lowest BCUT2D eigenvalue weighted by atomic mass is 9.76. The van der Waals surface area contributed by atoms with Gasteiger partial charge in [-0.15, -0.1) is 0 Å². The molecule has 1 fully saturated rings. The fourth-order valence-electron chi connectivity index (χ4n) is 3.29. The summed E-state index contributed by atoms with van der Waals surface area (Å²) in [4.78, 5) is 12.0. The van der Waals surface area contributed by atoms with Crippen molar-refractivity contribution in [3.8, 4) is 0 Å². The third-order valence-electron chi connectivity index (χ3n) is 5.29. The summed E-state index contributed by atoms with van der Waals surface area (Å²) in [6.07, 6.45) is 10.5. The molecule has 1 unspecified atom stereocenters. The van der Waals surface area contributed by atoms with Gasteiger partial charge in [0.15, 0.2) is 6.61 Å².